The molecule has 2 fully saturated rings. The zero-order valence-corrected chi connectivity index (χ0v) is 17.3. The molecule has 1 aromatic heterocycles. The van der Waals surface area contributed by atoms with Crippen LogP contribution in [0.1, 0.15) is 43.4 Å². The quantitative estimate of drug-likeness (QED) is 0.455. The topological polar surface area (TPSA) is 45.5 Å². The fourth-order valence-corrected chi connectivity index (χ4v) is 4.41. The van der Waals surface area contributed by atoms with E-state index in [1.54, 1.807) is 17.0 Å². The Morgan fingerprint density at radius 2 is 1.90 bits per heavy atom. The van der Waals surface area contributed by atoms with E-state index in [-0.39, 0.29) is 28.3 Å². The third-order valence-electron chi connectivity index (χ3n) is 5.32. The van der Waals surface area contributed by atoms with Gasteiger partial charge >= 0.3 is 6.18 Å². The lowest BCUT2D eigenvalue weighted by atomic mass is 9.94. The number of carbonyl (C=O) groups excluding carboxylic acids is 1. The molecule has 158 valence electrons. The van der Waals surface area contributed by atoms with Gasteiger partial charge in [-0.1, -0.05) is 30.9 Å². The molecular formula is C21H18ClF3N2O2S. The second-order valence-corrected chi connectivity index (χ2v) is 8.14. The average Bonchev–Trinajstić information content (AvgIpc) is 3.27. The van der Waals surface area contributed by atoms with Crippen LogP contribution in [0.25, 0.3) is 17.4 Å². The van der Waals surface area contributed by atoms with Crippen LogP contribution in [0, 0.1) is 0 Å². The highest BCUT2D eigenvalue weighted by atomic mass is 35.5. The van der Waals surface area contributed by atoms with E-state index in [4.69, 9.17) is 28.2 Å². The maximum atomic E-state index is 13.1. The number of hydrogen-bond donors (Lipinski definition) is 1. The molecule has 0 radical (unpaired) electrons. The molecule has 1 N–H and O–H groups in total. The van der Waals surface area contributed by atoms with Crippen molar-refractivity contribution in [2.75, 3.05) is 0 Å². The number of alkyl halides is 3. The molecular weight excluding hydrogens is 437 g/mol. The molecule has 1 saturated carbocycles. The molecule has 2 heterocycles. The Balaban J connectivity index is 1.57. The molecule has 0 atom stereocenters. The Hall–Kier alpha value is -2.32. The van der Waals surface area contributed by atoms with Gasteiger partial charge < -0.3 is 9.73 Å². The van der Waals surface area contributed by atoms with Crippen LogP contribution < -0.4 is 5.32 Å². The van der Waals surface area contributed by atoms with Crippen molar-refractivity contribution < 1.29 is 22.4 Å². The lowest BCUT2D eigenvalue weighted by molar-refractivity contribution is -0.137. The molecule has 1 saturated heterocycles. The van der Waals surface area contributed by atoms with Gasteiger partial charge in [-0.2, -0.15) is 13.2 Å². The summed E-state index contributed by atoms with van der Waals surface area (Å²) in [4.78, 5) is 14.4. The highest BCUT2D eigenvalue weighted by Crippen LogP contribution is 2.37. The summed E-state index contributed by atoms with van der Waals surface area (Å²) < 4.78 is 45.0. The molecule has 2 aromatic rings. The number of nitrogens with zero attached hydrogens (tertiary/aromatic N) is 1. The van der Waals surface area contributed by atoms with Gasteiger partial charge in [-0.05, 0) is 55.4 Å². The van der Waals surface area contributed by atoms with Crippen molar-refractivity contribution in [3.05, 3.63) is 52.4 Å². The maximum Gasteiger partial charge on any atom is 0.417 e. The van der Waals surface area contributed by atoms with Crippen molar-refractivity contribution in [1.29, 1.82) is 0 Å². The van der Waals surface area contributed by atoms with Gasteiger partial charge in [0.05, 0.1) is 10.6 Å². The minimum atomic E-state index is -4.57. The van der Waals surface area contributed by atoms with E-state index in [1.807, 2.05) is 0 Å². The first-order valence-electron chi connectivity index (χ1n) is 9.57. The van der Waals surface area contributed by atoms with Crippen LogP contribution in [0.15, 0.2) is 40.4 Å². The Kier molecular flexibility index (Phi) is 5.63. The molecule has 1 aliphatic carbocycles. The zero-order valence-electron chi connectivity index (χ0n) is 15.8. The number of thiocarbonyl (C=S) groups is 1. The molecule has 1 aromatic carbocycles. The summed E-state index contributed by atoms with van der Waals surface area (Å²) in [6.45, 7) is 0. The molecule has 30 heavy (non-hydrogen) atoms. The van der Waals surface area contributed by atoms with Crippen molar-refractivity contribution in [3.8, 4) is 11.3 Å². The summed E-state index contributed by atoms with van der Waals surface area (Å²) in [5.41, 5.74) is -0.404. The molecule has 0 spiro atoms. The van der Waals surface area contributed by atoms with Gasteiger partial charge in [0.1, 0.15) is 17.2 Å². The van der Waals surface area contributed by atoms with Crippen molar-refractivity contribution in [2.45, 2.75) is 44.3 Å². The van der Waals surface area contributed by atoms with Crippen LogP contribution in [0.4, 0.5) is 13.2 Å². The number of carbonyl (C=O) groups is 1. The standard InChI is InChI=1S/C21H18ClF3N2O2S/c22-16-8-6-12(10-15(16)21(23,24)25)18-9-7-14(29-18)11-17-19(28)27(20(30)26-17)13-4-2-1-3-5-13/h6-11,13H,1-5H2,(H,26,30)/b17-11-. The van der Waals surface area contributed by atoms with Gasteiger partial charge in [0.25, 0.3) is 5.91 Å². The second kappa shape index (κ2) is 8.07. The van der Waals surface area contributed by atoms with Crippen LogP contribution in [0.3, 0.4) is 0 Å². The average molecular weight is 455 g/mol. The molecule has 9 heteroatoms. The second-order valence-electron chi connectivity index (χ2n) is 7.35. The monoisotopic (exact) mass is 454 g/mol. The van der Waals surface area contributed by atoms with Crippen LogP contribution >= 0.6 is 23.8 Å². The van der Waals surface area contributed by atoms with Crippen LogP contribution in [0.5, 0.6) is 0 Å². The first-order chi connectivity index (χ1) is 14.2. The van der Waals surface area contributed by atoms with Crippen molar-refractivity contribution in [3.63, 3.8) is 0 Å². The normalized spacial score (nSPS) is 19.6. The lowest BCUT2D eigenvalue weighted by Gasteiger charge is -2.29. The minimum Gasteiger partial charge on any atom is -0.457 e. The van der Waals surface area contributed by atoms with Gasteiger partial charge in [0.15, 0.2) is 5.11 Å². The molecule has 2 aliphatic rings. The van der Waals surface area contributed by atoms with Gasteiger partial charge in [-0.25, -0.2) is 0 Å². The molecule has 0 unspecified atom stereocenters. The summed E-state index contributed by atoms with van der Waals surface area (Å²) in [5.74, 6) is 0.356. The predicted molar refractivity (Wildman–Crippen MR) is 112 cm³/mol. The van der Waals surface area contributed by atoms with Gasteiger partial charge in [0.2, 0.25) is 0 Å². The third kappa shape index (κ3) is 4.11. The number of benzene rings is 1. The Morgan fingerprint density at radius 1 is 1.17 bits per heavy atom. The smallest absolute Gasteiger partial charge is 0.417 e. The number of nitrogens with one attached hydrogen (secondary N) is 1. The van der Waals surface area contributed by atoms with Crippen LogP contribution in [-0.2, 0) is 11.0 Å². The van der Waals surface area contributed by atoms with E-state index in [0.717, 1.165) is 38.2 Å². The van der Waals surface area contributed by atoms with Crippen molar-refractivity contribution in [1.82, 2.24) is 10.2 Å². The first-order valence-corrected chi connectivity index (χ1v) is 10.4. The molecule has 4 nitrogen and oxygen atoms in total. The van der Waals surface area contributed by atoms with Gasteiger partial charge in [-0.3, -0.25) is 9.69 Å². The molecule has 1 aliphatic heterocycles. The van der Waals surface area contributed by atoms with E-state index < -0.39 is 11.7 Å². The van der Waals surface area contributed by atoms with Crippen LogP contribution in [-0.4, -0.2) is 22.0 Å². The number of hydrogen-bond acceptors (Lipinski definition) is 3. The van der Waals surface area contributed by atoms with Crippen molar-refractivity contribution >= 4 is 40.9 Å². The Morgan fingerprint density at radius 3 is 2.60 bits per heavy atom. The summed E-state index contributed by atoms with van der Waals surface area (Å²) >= 11 is 11.0. The predicted octanol–water partition coefficient (Wildman–Crippen LogP) is 6.01. The summed E-state index contributed by atoms with van der Waals surface area (Å²) in [5, 5.41) is 2.92. The zero-order chi connectivity index (χ0) is 21.5. The fourth-order valence-electron chi connectivity index (χ4n) is 3.84. The van der Waals surface area contributed by atoms with E-state index in [2.05, 4.69) is 5.32 Å². The van der Waals surface area contributed by atoms with Gasteiger partial charge in [-0.15, -0.1) is 0 Å². The number of rotatable bonds is 3. The summed E-state index contributed by atoms with van der Waals surface area (Å²) in [6, 6.07) is 6.81. The van der Waals surface area contributed by atoms with E-state index in [1.165, 1.54) is 18.2 Å². The fraction of sp³-hybridized carbons (Fsp3) is 0.333. The van der Waals surface area contributed by atoms with E-state index in [0.29, 0.717) is 16.6 Å². The van der Waals surface area contributed by atoms with E-state index in [9.17, 15) is 18.0 Å². The van der Waals surface area contributed by atoms with Gasteiger partial charge in [0, 0.05) is 17.7 Å². The number of amides is 1. The maximum absolute atomic E-state index is 13.1. The minimum absolute atomic E-state index is 0.0965. The van der Waals surface area contributed by atoms with E-state index >= 15 is 0 Å². The van der Waals surface area contributed by atoms with Crippen LogP contribution in [0.2, 0.25) is 5.02 Å². The SMILES string of the molecule is O=C1/C(=C/c2ccc(-c3ccc(Cl)c(C(F)(F)F)c3)o2)NC(=S)N1C1CCCCC1. The molecule has 1 amide bonds. The van der Waals surface area contributed by atoms with Crippen molar-refractivity contribution in [2.24, 2.45) is 0 Å². The summed E-state index contributed by atoms with van der Waals surface area (Å²) in [6.07, 6.45) is 2.09. The number of furan rings is 1. The molecule has 0 bridgehead atoms. The highest BCUT2D eigenvalue weighted by molar-refractivity contribution is 7.80. The number of halogens is 4. The largest absolute Gasteiger partial charge is 0.457 e. The summed E-state index contributed by atoms with van der Waals surface area (Å²) in [7, 11) is 0. The molecule has 4 rings (SSSR count). The Bertz CT molecular complexity index is 1030. The lowest BCUT2D eigenvalue weighted by Crippen LogP contribution is -2.41. The Labute approximate surface area is 181 Å². The third-order valence-corrected chi connectivity index (χ3v) is 5.95. The first kappa shape index (κ1) is 20.9. The highest BCUT2D eigenvalue weighted by Gasteiger charge is 2.37.